The second-order valence-electron chi connectivity index (χ2n) is 6.14. The second-order valence-corrected chi connectivity index (χ2v) is 6.14. The van der Waals surface area contributed by atoms with E-state index < -0.39 is 17.6 Å². The van der Waals surface area contributed by atoms with Gasteiger partial charge in [0.2, 0.25) is 0 Å². The summed E-state index contributed by atoms with van der Waals surface area (Å²) in [6.45, 7) is 7.94. The van der Waals surface area contributed by atoms with Crippen LogP contribution in [-0.4, -0.2) is 42.3 Å². The van der Waals surface area contributed by atoms with Gasteiger partial charge in [-0.2, -0.15) is 0 Å². The average Bonchev–Trinajstić information content (AvgIpc) is 3.10. The van der Waals surface area contributed by atoms with Crippen molar-refractivity contribution in [3.63, 3.8) is 0 Å². The summed E-state index contributed by atoms with van der Waals surface area (Å²) < 4.78 is 10.7. The third kappa shape index (κ3) is 3.18. The normalized spacial score (nSPS) is 33.3. The molecule has 2 rings (SSSR count). The van der Waals surface area contributed by atoms with E-state index in [0.29, 0.717) is 12.2 Å². The highest BCUT2D eigenvalue weighted by Gasteiger charge is 2.49. The fourth-order valence-electron chi connectivity index (χ4n) is 2.49. The van der Waals surface area contributed by atoms with Crippen molar-refractivity contribution >= 4 is 11.9 Å². The molecule has 0 aromatic rings. The number of rotatable bonds is 3. The lowest BCUT2D eigenvalue weighted by Gasteiger charge is -2.22. The van der Waals surface area contributed by atoms with Crippen LogP contribution in [0.3, 0.4) is 0 Å². The molecule has 2 heterocycles. The summed E-state index contributed by atoms with van der Waals surface area (Å²) in [5, 5.41) is 3.16. The van der Waals surface area contributed by atoms with E-state index in [1.54, 1.807) is 20.8 Å². The molecule has 0 aliphatic carbocycles. The van der Waals surface area contributed by atoms with Crippen molar-refractivity contribution < 1.29 is 19.1 Å². The van der Waals surface area contributed by atoms with Gasteiger partial charge in [0.15, 0.2) is 0 Å². The van der Waals surface area contributed by atoms with Gasteiger partial charge in [0.25, 0.3) is 0 Å². The maximum absolute atomic E-state index is 12.2. The van der Waals surface area contributed by atoms with Crippen LogP contribution in [0.25, 0.3) is 0 Å². The first-order valence-electron chi connectivity index (χ1n) is 6.85. The second kappa shape index (κ2) is 5.52. The largest absolute Gasteiger partial charge is 0.459 e. The Labute approximate surface area is 119 Å². The Hall–Kier alpha value is -1.42. The minimum absolute atomic E-state index is 0.0481. The van der Waals surface area contributed by atoms with Gasteiger partial charge in [0.05, 0.1) is 18.3 Å². The van der Waals surface area contributed by atoms with Crippen molar-refractivity contribution in [1.29, 1.82) is 0 Å². The molecule has 110 valence electrons. The Morgan fingerprint density at radius 2 is 2.15 bits per heavy atom. The Kier molecular flexibility index (Phi) is 4.14. The molecule has 2 saturated heterocycles. The lowest BCUT2D eigenvalue weighted by molar-refractivity contribution is -0.156. The van der Waals surface area contributed by atoms with Gasteiger partial charge in [-0.15, -0.1) is 0 Å². The average molecular weight is 279 g/mol. The quantitative estimate of drug-likeness (QED) is 0.361. The van der Waals surface area contributed by atoms with E-state index in [2.05, 4.69) is 5.32 Å². The van der Waals surface area contributed by atoms with Crippen molar-refractivity contribution in [1.82, 2.24) is 5.32 Å². The van der Waals surface area contributed by atoms with E-state index in [-0.39, 0.29) is 18.1 Å². The van der Waals surface area contributed by atoms with Gasteiger partial charge >= 0.3 is 5.97 Å². The lowest BCUT2D eigenvalue weighted by Crippen LogP contribution is -2.42. The van der Waals surface area contributed by atoms with Gasteiger partial charge < -0.3 is 9.47 Å². The Bertz CT molecular complexity index is 467. The Balaban J connectivity index is 2.21. The maximum Gasteiger partial charge on any atom is 0.328 e. The van der Waals surface area contributed by atoms with Crippen molar-refractivity contribution in [3.05, 3.63) is 17.7 Å². The molecule has 0 bridgehead atoms. The maximum atomic E-state index is 12.2. The number of hydrogen-bond acceptors (Lipinski definition) is 5. The van der Waals surface area contributed by atoms with Crippen LogP contribution in [-0.2, 0) is 19.1 Å². The number of ether oxygens (including phenoxy) is 2. The number of allylic oxidation sites excluding steroid dienone is 1. The van der Waals surface area contributed by atoms with Crippen molar-refractivity contribution in [2.75, 3.05) is 6.61 Å². The van der Waals surface area contributed by atoms with Gasteiger partial charge in [-0.05, 0) is 27.7 Å². The molecule has 0 spiro atoms. The molecule has 4 atom stereocenters. The molecule has 2 aliphatic heterocycles. The van der Waals surface area contributed by atoms with Gasteiger partial charge in [-0.1, -0.05) is 12.2 Å². The number of carbonyl (C=O) groups is 1. The standard InChI is InChI=1S/C15H21NO4/c1-5-6-9-10(7-17)13(14(18)20-15(2,3)4)16-12(9)11-8-19-11/h5-6,9,11-13,16H,8H2,1-4H3/b6-5-. The molecule has 0 saturated carbocycles. The molecular weight excluding hydrogens is 258 g/mol. The van der Waals surface area contributed by atoms with E-state index >= 15 is 0 Å². The molecule has 2 fully saturated rings. The van der Waals surface area contributed by atoms with Crippen LogP contribution in [0, 0.1) is 5.92 Å². The van der Waals surface area contributed by atoms with Gasteiger partial charge in [0.1, 0.15) is 17.6 Å². The predicted molar refractivity (Wildman–Crippen MR) is 73.8 cm³/mol. The lowest BCUT2D eigenvalue weighted by atomic mass is 9.92. The molecular formula is C15H21NO4. The van der Waals surface area contributed by atoms with Crippen LogP contribution >= 0.6 is 0 Å². The zero-order valence-corrected chi connectivity index (χ0v) is 12.3. The molecule has 0 amide bonds. The third-order valence-electron chi connectivity index (χ3n) is 3.34. The van der Waals surface area contributed by atoms with Crippen molar-refractivity contribution in [2.24, 2.45) is 5.92 Å². The fraction of sp³-hybridized carbons (Fsp3) is 0.667. The van der Waals surface area contributed by atoms with Crippen molar-refractivity contribution in [3.8, 4) is 0 Å². The number of nitrogens with one attached hydrogen (secondary N) is 1. The number of epoxide rings is 1. The van der Waals surface area contributed by atoms with Crippen LogP contribution in [0.5, 0.6) is 0 Å². The molecule has 5 heteroatoms. The molecule has 4 unspecified atom stereocenters. The van der Waals surface area contributed by atoms with Gasteiger partial charge in [-0.3, -0.25) is 5.32 Å². The van der Waals surface area contributed by atoms with Gasteiger partial charge in [-0.25, -0.2) is 9.59 Å². The summed E-state index contributed by atoms with van der Waals surface area (Å²) in [5.41, 5.74) is -0.186. The first-order chi connectivity index (χ1) is 9.37. The molecule has 0 aromatic carbocycles. The Morgan fingerprint density at radius 1 is 1.50 bits per heavy atom. The summed E-state index contributed by atoms with van der Waals surface area (Å²) in [6, 6.07) is -0.803. The zero-order valence-electron chi connectivity index (χ0n) is 12.3. The van der Waals surface area contributed by atoms with Gasteiger partial charge in [0, 0.05) is 12.0 Å². The first kappa shape index (κ1) is 15.0. The molecule has 5 nitrogen and oxygen atoms in total. The van der Waals surface area contributed by atoms with Crippen LogP contribution < -0.4 is 5.32 Å². The van der Waals surface area contributed by atoms with Crippen LogP contribution in [0.1, 0.15) is 27.7 Å². The SMILES string of the molecule is C/C=C\C1C(=C=O)C(C(=O)OC(C)(C)C)NC1C1CO1. The van der Waals surface area contributed by atoms with Crippen molar-refractivity contribution in [2.45, 2.75) is 51.5 Å². The zero-order chi connectivity index (χ0) is 14.9. The van der Waals surface area contributed by atoms with E-state index in [0.717, 1.165) is 0 Å². The minimum atomic E-state index is -0.734. The van der Waals surface area contributed by atoms with E-state index in [4.69, 9.17) is 9.47 Å². The molecule has 0 radical (unpaired) electrons. The summed E-state index contributed by atoms with van der Waals surface area (Å²) in [7, 11) is 0. The highest BCUT2D eigenvalue weighted by Crippen LogP contribution is 2.34. The van der Waals surface area contributed by atoms with E-state index in [1.165, 1.54) is 0 Å². The van der Waals surface area contributed by atoms with E-state index in [1.807, 2.05) is 25.0 Å². The smallest absolute Gasteiger partial charge is 0.328 e. The first-order valence-corrected chi connectivity index (χ1v) is 6.85. The van der Waals surface area contributed by atoms with Crippen LogP contribution in [0.4, 0.5) is 0 Å². The third-order valence-corrected chi connectivity index (χ3v) is 3.34. The highest BCUT2D eigenvalue weighted by molar-refractivity contribution is 5.85. The highest BCUT2D eigenvalue weighted by atomic mass is 16.6. The topological polar surface area (TPSA) is 67.9 Å². The number of carbonyl (C=O) groups excluding carboxylic acids is 2. The summed E-state index contributed by atoms with van der Waals surface area (Å²) >= 11 is 0. The molecule has 0 aromatic heterocycles. The molecule has 1 N–H and O–H groups in total. The summed E-state index contributed by atoms with van der Waals surface area (Å²) in [5.74, 6) is 1.32. The monoisotopic (exact) mass is 279 g/mol. The van der Waals surface area contributed by atoms with Crippen LogP contribution in [0.15, 0.2) is 17.7 Å². The summed E-state index contributed by atoms with van der Waals surface area (Å²) in [4.78, 5) is 23.5. The summed E-state index contributed by atoms with van der Waals surface area (Å²) in [6.07, 6.45) is 3.83. The van der Waals surface area contributed by atoms with Crippen LogP contribution in [0.2, 0.25) is 0 Å². The molecule has 2 aliphatic rings. The van der Waals surface area contributed by atoms with E-state index in [9.17, 15) is 9.59 Å². The number of hydrogen-bond donors (Lipinski definition) is 1. The fourth-order valence-corrected chi connectivity index (χ4v) is 2.49. The minimum Gasteiger partial charge on any atom is -0.459 e. The Morgan fingerprint density at radius 3 is 2.60 bits per heavy atom. The molecule has 20 heavy (non-hydrogen) atoms. The number of esters is 1. The predicted octanol–water partition coefficient (Wildman–Crippen LogP) is 1.02.